The van der Waals surface area contributed by atoms with Crippen LogP contribution >= 0.6 is 0 Å². The van der Waals surface area contributed by atoms with Crippen LogP contribution in [0.3, 0.4) is 0 Å². The number of furan rings is 1. The summed E-state index contributed by atoms with van der Waals surface area (Å²) in [6, 6.07) is 15.8. The predicted molar refractivity (Wildman–Crippen MR) is 147 cm³/mol. The lowest BCUT2D eigenvalue weighted by Gasteiger charge is -2.45. The summed E-state index contributed by atoms with van der Waals surface area (Å²) in [5.41, 5.74) is 10.5. The van der Waals surface area contributed by atoms with Crippen molar-refractivity contribution in [3.63, 3.8) is 0 Å². The predicted octanol–water partition coefficient (Wildman–Crippen LogP) is 3.59. The Morgan fingerprint density at radius 3 is 2.23 bits per heavy atom. The molecule has 10 nitrogen and oxygen atoms in total. The number of hydrogen-bond acceptors (Lipinski definition) is 9. The summed E-state index contributed by atoms with van der Waals surface area (Å²) in [5, 5.41) is 14.8. The monoisotopic (exact) mass is 559 g/mol. The van der Waals surface area contributed by atoms with Gasteiger partial charge in [0.2, 0.25) is 14.8 Å². The maximum atomic E-state index is 14.3. The molecule has 0 saturated heterocycles. The van der Waals surface area contributed by atoms with Crippen molar-refractivity contribution in [1.82, 2.24) is 5.32 Å². The maximum Gasteiger partial charge on any atom is 0.414 e. The minimum atomic E-state index is -4.59. The van der Waals surface area contributed by atoms with E-state index >= 15 is 0 Å². The first-order valence-electron chi connectivity index (χ1n) is 12.5. The van der Waals surface area contributed by atoms with Crippen LogP contribution in [0, 0.1) is 5.41 Å². The molecule has 0 saturated carbocycles. The lowest BCUT2D eigenvalue weighted by atomic mass is 9.81. The average Bonchev–Trinajstić information content (AvgIpc) is 3.40. The number of carbonyl (C=O) groups is 1. The van der Waals surface area contributed by atoms with Crippen molar-refractivity contribution in [3.05, 3.63) is 78.8 Å². The van der Waals surface area contributed by atoms with Gasteiger partial charge >= 0.3 is 6.09 Å². The largest absolute Gasteiger partial charge is 0.497 e. The summed E-state index contributed by atoms with van der Waals surface area (Å²) < 4.78 is 43.9. The third-order valence-electron chi connectivity index (χ3n) is 6.83. The highest BCUT2D eigenvalue weighted by Gasteiger charge is 2.59. The number of nitrogens with one attached hydrogen (secondary N) is 1. The molecule has 3 rings (SSSR count). The van der Waals surface area contributed by atoms with Gasteiger partial charge in [-0.2, -0.15) is 0 Å². The fourth-order valence-electron chi connectivity index (χ4n) is 4.39. The van der Waals surface area contributed by atoms with Crippen LogP contribution in [0.4, 0.5) is 4.79 Å². The van der Waals surface area contributed by atoms with Crippen molar-refractivity contribution in [1.29, 1.82) is 0 Å². The third kappa shape index (κ3) is 6.99. The summed E-state index contributed by atoms with van der Waals surface area (Å²) in [5.74, 6) is 0.520. The number of nitrogens with two attached hydrogens (primary N) is 2. The van der Waals surface area contributed by atoms with Crippen LogP contribution in [0.15, 0.2) is 82.5 Å². The Morgan fingerprint density at radius 1 is 1.00 bits per heavy atom. The molecule has 1 aromatic heterocycles. The van der Waals surface area contributed by atoms with Gasteiger partial charge in [0.05, 0.1) is 18.3 Å². The van der Waals surface area contributed by atoms with Gasteiger partial charge in [0.25, 0.3) is 0 Å². The Hall–Kier alpha value is -3.38. The Bertz CT molecular complexity index is 1310. The number of rotatable bonds is 13. The molecule has 0 spiro atoms. The van der Waals surface area contributed by atoms with E-state index in [4.69, 9.17) is 25.4 Å². The van der Waals surface area contributed by atoms with E-state index in [2.05, 4.69) is 5.32 Å². The summed E-state index contributed by atoms with van der Waals surface area (Å²) >= 11 is 0. The Kier molecular flexibility index (Phi) is 9.44. The van der Waals surface area contributed by atoms with Crippen LogP contribution < -0.4 is 26.3 Å². The van der Waals surface area contributed by atoms with Crippen LogP contribution in [0.1, 0.15) is 38.7 Å². The molecular weight excluding hydrogens is 522 g/mol. The SMILES string of the molecule is COc1ccc(S(=O)(=O)[C@](O)(CCC(C)(C)CCN)[C@](N)(Cc2ccccc2)NC(=O)Oc2ccoc2)cc1. The number of benzene rings is 2. The van der Waals surface area contributed by atoms with Crippen molar-refractivity contribution in [3.8, 4) is 11.5 Å². The van der Waals surface area contributed by atoms with E-state index in [0.29, 0.717) is 24.3 Å². The molecule has 0 fully saturated rings. The minimum absolute atomic E-state index is 0.0835. The molecule has 3 aromatic rings. The first-order chi connectivity index (χ1) is 18.4. The Balaban J connectivity index is 2.14. The minimum Gasteiger partial charge on any atom is -0.497 e. The number of carbonyl (C=O) groups excluding carboxylic acids is 1. The van der Waals surface area contributed by atoms with Gasteiger partial charge in [-0.05, 0) is 61.1 Å². The Labute approximate surface area is 229 Å². The fraction of sp³-hybridized carbons (Fsp3) is 0.393. The zero-order chi connectivity index (χ0) is 28.7. The number of hydrogen-bond donors (Lipinski definition) is 4. The van der Waals surface area contributed by atoms with E-state index in [-0.39, 0.29) is 29.9 Å². The quantitative estimate of drug-likeness (QED) is 0.229. The number of methoxy groups -OCH3 is 1. The number of aliphatic hydroxyl groups is 1. The molecule has 2 aromatic carbocycles. The van der Waals surface area contributed by atoms with Crippen LogP contribution in [0.25, 0.3) is 0 Å². The van der Waals surface area contributed by atoms with Crippen LogP contribution in [0.5, 0.6) is 11.5 Å². The fourth-order valence-corrected chi connectivity index (χ4v) is 6.25. The molecule has 2 atom stereocenters. The molecule has 6 N–H and O–H groups in total. The van der Waals surface area contributed by atoms with Gasteiger partial charge < -0.3 is 30.5 Å². The van der Waals surface area contributed by atoms with Gasteiger partial charge in [-0.15, -0.1) is 0 Å². The number of amides is 1. The van der Waals surface area contributed by atoms with E-state index in [1.807, 2.05) is 13.8 Å². The molecule has 0 unspecified atom stereocenters. The molecule has 0 aliphatic rings. The van der Waals surface area contributed by atoms with Crippen LogP contribution in [-0.2, 0) is 16.3 Å². The molecule has 1 amide bonds. The van der Waals surface area contributed by atoms with Gasteiger partial charge in [-0.3, -0.25) is 5.32 Å². The topological polar surface area (TPSA) is 167 Å². The Morgan fingerprint density at radius 2 is 1.67 bits per heavy atom. The first kappa shape index (κ1) is 30.2. The van der Waals surface area contributed by atoms with E-state index in [1.165, 1.54) is 50.0 Å². The molecule has 0 aliphatic heterocycles. The highest BCUT2D eigenvalue weighted by atomic mass is 32.2. The average molecular weight is 560 g/mol. The highest BCUT2D eigenvalue weighted by molar-refractivity contribution is 7.92. The van der Waals surface area contributed by atoms with Gasteiger partial charge in [0, 0.05) is 12.5 Å². The molecule has 212 valence electrons. The highest BCUT2D eigenvalue weighted by Crippen LogP contribution is 2.40. The molecule has 0 radical (unpaired) electrons. The molecule has 0 aliphatic carbocycles. The normalized spacial score (nSPS) is 15.1. The zero-order valence-electron chi connectivity index (χ0n) is 22.4. The molecule has 39 heavy (non-hydrogen) atoms. The summed E-state index contributed by atoms with van der Waals surface area (Å²) in [4.78, 5) is 10.2. The molecule has 11 heteroatoms. The number of sulfone groups is 1. The summed E-state index contributed by atoms with van der Waals surface area (Å²) in [6.45, 7) is 4.23. The van der Waals surface area contributed by atoms with Gasteiger partial charge in [-0.1, -0.05) is 44.2 Å². The maximum absolute atomic E-state index is 14.3. The standard InChI is InChI=1S/C28H37N3O7S/c1-26(2,16-17-29)14-15-28(33,39(34,35)24-11-9-22(36-3)10-12-24)27(30,19-21-7-5-4-6-8-21)31-25(32)38-23-13-18-37-20-23/h4-13,18,20,33H,14-17,19,29-30H2,1-3H3,(H,31,32)/t27-,28+/m0/s1. The smallest absolute Gasteiger partial charge is 0.414 e. The van der Waals surface area contributed by atoms with Crippen molar-refractivity contribution in [2.75, 3.05) is 13.7 Å². The summed E-state index contributed by atoms with van der Waals surface area (Å²) in [7, 11) is -3.14. The van der Waals surface area contributed by atoms with E-state index in [9.17, 15) is 18.3 Å². The van der Waals surface area contributed by atoms with Crippen molar-refractivity contribution in [2.24, 2.45) is 16.9 Å². The molecular formula is C28H37N3O7S. The summed E-state index contributed by atoms with van der Waals surface area (Å²) in [6.07, 6.45) is 1.75. The van der Waals surface area contributed by atoms with Crippen molar-refractivity contribution >= 4 is 15.9 Å². The van der Waals surface area contributed by atoms with E-state index < -0.39 is 31.9 Å². The lowest BCUT2D eigenvalue weighted by molar-refractivity contribution is 0.00601. The van der Waals surface area contributed by atoms with Crippen LogP contribution in [-0.4, -0.2) is 43.9 Å². The van der Waals surface area contributed by atoms with Gasteiger partial charge in [0.15, 0.2) is 5.75 Å². The van der Waals surface area contributed by atoms with Crippen molar-refractivity contribution < 1.29 is 32.2 Å². The zero-order valence-corrected chi connectivity index (χ0v) is 23.2. The third-order valence-corrected chi connectivity index (χ3v) is 9.18. The second kappa shape index (κ2) is 12.2. The van der Waals surface area contributed by atoms with Gasteiger partial charge in [-0.25, -0.2) is 13.2 Å². The lowest BCUT2D eigenvalue weighted by Crippen LogP contribution is -2.74. The second-order valence-corrected chi connectivity index (χ2v) is 12.4. The van der Waals surface area contributed by atoms with E-state index in [1.54, 1.807) is 30.3 Å². The van der Waals surface area contributed by atoms with Crippen molar-refractivity contribution in [2.45, 2.75) is 55.0 Å². The van der Waals surface area contributed by atoms with Crippen LogP contribution in [0.2, 0.25) is 0 Å². The first-order valence-corrected chi connectivity index (χ1v) is 14.0. The number of ether oxygens (including phenoxy) is 2. The second-order valence-electron chi connectivity index (χ2n) is 10.3. The molecule has 1 heterocycles. The van der Waals surface area contributed by atoms with Gasteiger partial charge in [0.1, 0.15) is 17.7 Å². The molecule has 0 bridgehead atoms. The van der Waals surface area contributed by atoms with E-state index in [0.717, 1.165) is 0 Å².